The molecule has 5 aliphatic carbocycles. The molecule has 3 N–H and O–H groups in total. The van der Waals surface area contributed by atoms with Crippen molar-refractivity contribution in [1.82, 2.24) is 0 Å². The van der Waals surface area contributed by atoms with Crippen molar-refractivity contribution < 1.29 is 24.9 Å². The van der Waals surface area contributed by atoms with Gasteiger partial charge in [0.15, 0.2) is 5.78 Å². The second kappa shape index (κ2) is 7.22. The molecule has 0 spiro atoms. The van der Waals surface area contributed by atoms with Crippen molar-refractivity contribution in [3.05, 3.63) is 11.6 Å². The SMILES string of the molecule is CC1(C)[C@@H](O)CC[C@]2(C)[C@H]3C(=O)C=C4[C@H]5C[C@@](C)(C(=O)O)CC[C@]5(C)C[C@H](O)[C@@]4(C)[C@]3(C)CC[C@@H]12. The van der Waals surface area contributed by atoms with Crippen LogP contribution in [0.25, 0.3) is 0 Å². The molecule has 4 fully saturated rings. The number of ketones is 1. The first-order chi connectivity index (χ1) is 16.0. The Bertz CT molecular complexity index is 999. The fraction of sp³-hybridized carbons (Fsp3) is 0.867. The number of carboxylic acid groups (broad SMARTS) is 1. The van der Waals surface area contributed by atoms with Crippen LogP contribution in [0.4, 0.5) is 0 Å². The predicted molar refractivity (Wildman–Crippen MR) is 134 cm³/mol. The number of hydrogen-bond acceptors (Lipinski definition) is 4. The number of allylic oxidation sites excluding steroid dienone is 1. The molecule has 5 aliphatic rings. The summed E-state index contributed by atoms with van der Waals surface area (Å²) in [5.74, 6) is -0.561. The number of aliphatic carboxylic acids is 1. The lowest BCUT2D eigenvalue weighted by Crippen LogP contribution is -2.69. The fourth-order valence-corrected chi connectivity index (χ4v) is 10.5. The van der Waals surface area contributed by atoms with Crippen molar-refractivity contribution in [2.45, 2.75) is 112 Å². The van der Waals surface area contributed by atoms with Gasteiger partial charge in [-0.25, -0.2) is 0 Å². The number of fused-ring (bicyclic) bond motifs is 7. The Morgan fingerprint density at radius 1 is 0.886 bits per heavy atom. The fourth-order valence-electron chi connectivity index (χ4n) is 10.5. The lowest BCUT2D eigenvalue weighted by Gasteiger charge is -2.71. The second-order valence-corrected chi connectivity index (χ2v) is 15.0. The Morgan fingerprint density at radius 3 is 2.17 bits per heavy atom. The van der Waals surface area contributed by atoms with Crippen molar-refractivity contribution in [3.8, 4) is 0 Å². The van der Waals surface area contributed by atoms with E-state index in [-0.39, 0.29) is 45.9 Å². The lowest BCUT2D eigenvalue weighted by molar-refractivity contribution is -0.219. The number of rotatable bonds is 1. The molecule has 0 heterocycles. The maximum atomic E-state index is 14.2. The van der Waals surface area contributed by atoms with Crippen LogP contribution in [0.2, 0.25) is 0 Å². The molecular weight excluding hydrogens is 440 g/mol. The molecule has 5 heteroatoms. The van der Waals surface area contributed by atoms with Gasteiger partial charge < -0.3 is 15.3 Å². The maximum absolute atomic E-state index is 14.2. The topological polar surface area (TPSA) is 94.8 Å². The van der Waals surface area contributed by atoms with Crippen LogP contribution in [0.3, 0.4) is 0 Å². The highest BCUT2D eigenvalue weighted by Gasteiger charge is 2.72. The average Bonchev–Trinajstić information content (AvgIpc) is 2.74. The van der Waals surface area contributed by atoms with Crippen LogP contribution in [0.15, 0.2) is 11.6 Å². The van der Waals surface area contributed by atoms with Gasteiger partial charge in [-0.2, -0.15) is 0 Å². The van der Waals surface area contributed by atoms with Crippen LogP contribution in [0.5, 0.6) is 0 Å². The van der Waals surface area contributed by atoms with Gasteiger partial charge in [0.25, 0.3) is 0 Å². The quantitative estimate of drug-likeness (QED) is 0.462. The van der Waals surface area contributed by atoms with E-state index in [1.165, 1.54) is 0 Å². The molecule has 0 saturated heterocycles. The van der Waals surface area contributed by atoms with E-state index >= 15 is 0 Å². The molecule has 0 unspecified atom stereocenters. The standard InChI is InChI=1S/C30H46O5/c1-25(2)20-8-11-29(6)23(28(20,5)10-9-21(25)32)19(31)14-17-18-15-27(4,24(34)35)13-12-26(18,3)16-22(33)30(17,29)7/h14,18,20-23,32-33H,8-13,15-16H2,1-7H3,(H,34,35)/t18-,20+,21+,22+,23-,26-,27+,28+,29-,30+/m1/s1. The molecular formula is C30H46O5. The third-order valence-corrected chi connectivity index (χ3v) is 13.1. The number of carbonyl (C=O) groups excluding carboxylic acids is 1. The third-order valence-electron chi connectivity index (χ3n) is 13.1. The van der Waals surface area contributed by atoms with E-state index in [0.717, 1.165) is 31.3 Å². The third kappa shape index (κ3) is 2.94. The van der Waals surface area contributed by atoms with Crippen molar-refractivity contribution in [1.29, 1.82) is 0 Å². The maximum Gasteiger partial charge on any atom is 0.309 e. The van der Waals surface area contributed by atoms with Crippen LogP contribution >= 0.6 is 0 Å². The Balaban J connectivity index is 1.66. The highest BCUT2D eigenvalue weighted by Crippen LogP contribution is 2.75. The average molecular weight is 487 g/mol. The first kappa shape index (κ1) is 25.4. The van der Waals surface area contributed by atoms with Crippen molar-refractivity contribution in [2.24, 2.45) is 50.2 Å². The molecule has 0 aromatic rings. The zero-order valence-electron chi connectivity index (χ0n) is 22.8. The van der Waals surface area contributed by atoms with Crippen LogP contribution in [-0.2, 0) is 9.59 Å². The highest BCUT2D eigenvalue weighted by molar-refractivity contribution is 5.96. The summed E-state index contributed by atoms with van der Waals surface area (Å²) in [6.07, 6.45) is 6.79. The van der Waals surface area contributed by atoms with Crippen LogP contribution < -0.4 is 0 Å². The van der Waals surface area contributed by atoms with Gasteiger partial charge >= 0.3 is 5.97 Å². The van der Waals surface area contributed by atoms with E-state index in [1.54, 1.807) is 0 Å². The molecule has 0 bridgehead atoms. The van der Waals surface area contributed by atoms with Crippen molar-refractivity contribution >= 4 is 11.8 Å². The van der Waals surface area contributed by atoms with Gasteiger partial charge in [0.1, 0.15) is 0 Å². The van der Waals surface area contributed by atoms with Crippen molar-refractivity contribution in [2.75, 3.05) is 0 Å². The summed E-state index contributed by atoms with van der Waals surface area (Å²) in [6.45, 7) is 15.1. The molecule has 0 amide bonds. The van der Waals surface area contributed by atoms with Gasteiger partial charge in [-0.1, -0.05) is 47.1 Å². The van der Waals surface area contributed by atoms with Crippen LogP contribution in [-0.4, -0.2) is 39.3 Å². The van der Waals surface area contributed by atoms with E-state index in [1.807, 2.05) is 13.0 Å². The van der Waals surface area contributed by atoms with Crippen LogP contribution in [0.1, 0.15) is 99.8 Å². The zero-order valence-corrected chi connectivity index (χ0v) is 22.8. The molecule has 35 heavy (non-hydrogen) atoms. The molecule has 0 aromatic heterocycles. The van der Waals surface area contributed by atoms with E-state index in [2.05, 4.69) is 41.5 Å². The summed E-state index contributed by atoms with van der Waals surface area (Å²) < 4.78 is 0. The lowest BCUT2D eigenvalue weighted by atomic mass is 9.33. The molecule has 0 aliphatic heterocycles. The highest BCUT2D eigenvalue weighted by atomic mass is 16.4. The summed E-state index contributed by atoms with van der Waals surface area (Å²) >= 11 is 0. The Labute approximate surface area is 210 Å². The largest absolute Gasteiger partial charge is 0.481 e. The summed E-state index contributed by atoms with van der Waals surface area (Å²) in [5, 5.41) is 32.8. The van der Waals surface area contributed by atoms with Gasteiger partial charge in [0.05, 0.1) is 17.6 Å². The normalized spacial score (nSPS) is 55.1. The molecule has 4 saturated carbocycles. The molecule has 10 atom stereocenters. The van der Waals surface area contributed by atoms with E-state index in [0.29, 0.717) is 25.7 Å². The van der Waals surface area contributed by atoms with Gasteiger partial charge in [-0.05, 0) is 97.9 Å². The Morgan fingerprint density at radius 2 is 1.54 bits per heavy atom. The minimum absolute atomic E-state index is 0.0115. The van der Waals surface area contributed by atoms with E-state index in [4.69, 9.17) is 0 Å². The number of aliphatic hydroxyl groups is 2. The van der Waals surface area contributed by atoms with E-state index < -0.39 is 28.3 Å². The molecule has 5 nitrogen and oxygen atoms in total. The number of aliphatic hydroxyl groups excluding tert-OH is 2. The van der Waals surface area contributed by atoms with Gasteiger partial charge in [-0.3, -0.25) is 9.59 Å². The summed E-state index contributed by atoms with van der Waals surface area (Å²) in [5.41, 5.74) is -1.44. The molecule has 0 radical (unpaired) electrons. The smallest absolute Gasteiger partial charge is 0.309 e. The minimum atomic E-state index is -0.803. The first-order valence-corrected chi connectivity index (χ1v) is 13.8. The summed E-state index contributed by atoms with van der Waals surface area (Å²) in [7, 11) is 0. The van der Waals surface area contributed by atoms with E-state index in [9.17, 15) is 24.9 Å². The minimum Gasteiger partial charge on any atom is -0.481 e. The Hall–Kier alpha value is -1.20. The van der Waals surface area contributed by atoms with Gasteiger partial charge in [0, 0.05) is 11.3 Å². The number of carboxylic acids is 1. The van der Waals surface area contributed by atoms with Crippen LogP contribution in [0, 0.1) is 50.2 Å². The molecule has 5 rings (SSSR count). The Kier molecular flexibility index (Phi) is 5.25. The predicted octanol–water partition coefficient (Wildman–Crippen LogP) is 5.38. The number of carbonyl (C=O) groups is 2. The monoisotopic (exact) mass is 486 g/mol. The first-order valence-electron chi connectivity index (χ1n) is 13.8. The molecule has 0 aromatic carbocycles. The van der Waals surface area contributed by atoms with Gasteiger partial charge in [0.2, 0.25) is 0 Å². The molecule has 196 valence electrons. The summed E-state index contributed by atoms with van der Waals surface area (Å²) in [6, 6.07) is 0. The summed E-state index contributed by atoms with van der Waals surface area (Å²) in [4.78, 5) is 26.5. The van der Waals surface area contributed by atoms with Crippen molar-refractivity contribution in [3.63, 3.8) is 0 Å². The second-order valence-electron chi connectivity index (χ2n) is 15.0. The van der Waals surface area contributed by atoms with Gasteiger partial charge in [-0.15, -0.1) is 0 Å². The number of hydrogen-bond donors (Lipinski definition) is 3. The zero-order chi connectivity index (χ0) is 26.0.